The molecule has 2 aromatic carbocycles. The Morgan fingerprint density at radius 3 is 1.75 bits per heavy atom. The number of rotatable bonds is 17. The number of hydrogen-bond acceptors (Lipinski definition) is 8. The molecule has 0 N–H and O–H groups in total. The lowest BCUT2D eigenvalue weighted by Crippen LogP contribution is -2.36. The van der Waals surface area contributed by atoms with Gasteiger partial charge in [0, 0.05) is 0 Å². The molecule has 2 aromatic rings. The van der Waals surface area contributed by atoms with Crippen LogP contribution in [0.1, 0.15) is 108 Å². The summed E-state index contributed by atoms with van der Waals surface area (Å²) >= 11 is 0. The predicted octanol–water partition coefficient (Wildman–Crippen LogP) is 7.82. The van der Waals surface area contributed by atoms with E-state index in [9.17, 15) is 9.59 Å². The molecule has 0 radical (unpaired) electrons. The highest BCUT2D eigenvalue weighted by atomic mass is 17.2. The van der Waals surface area contributed by atoms with Gasteiger partial charge in [-0.3, -0.25) is 9.78 Å². The predicted molar refractivity (Wildman–Crippen MR) is 152 cm³/mol. The normalized spacial score (nSPS) is 14.3. The minimum Gasteiger partial charge on any atom is -0.292 e. The van der Waals surface area contributed by atoms with E-state index in [2.05, 4.69) is 6.92 Å². The molecule has 2 atom stereocenters. The van der Waals surface area contributed by atoms with Gasteiger partial charge >= 0.3 is 11.9 Å². The van der Waals surface area contributed by atoms with Gasteiger partial charge in [0.1, 0.15) is 11.2 Å². The zero-order valence-electron chi connectivity index (χ0n) is 25.1. The van der Waals surface area contributed by atoms with E-state index >= 15 is 0 Å². The molecule has 222 valence electrons. The van der Waals surface area contributed by atoms with Gasteiger partial charge < -0.3 is 0 Å². The second-order valence-corrected chi connectivity index (χ2v) is 12.0. The minimum atomic E-state index is -0.808. The van der Waals surface area contributed by atoms with Gasteiger partial charge in [0.05, 0.1) is 23.3 Å². The van der Waals surface area contributed by atoms with Gasteiger partial charge in [-0.15, -0.1) is 0 Å². The lowest BCUT2D eigenvalue weighted by Gasteiger charge is -2.34. The molecule has 0 amide bonds. The van der Waals surface area contributed by atoms with Gasteiger partial charge in [0.15, 0.2) is 0 Å². The second kappa shape index (κ2) is 15.9. The van der Waals surface area contributed by atoms with Gasteiger partial charge in [-0.25, -0.2) is 19.4 Å². The van der Waals surface area contributed by atoms with E-state index < -0.39 is 23.1 Å². The molecule has 0 fully saturated rings. The van der Waals surface area contributed by atoms with E-state index in [-0.39, 0.29) is 5.60 Å². The van der Waals surface area contributed by atoms with E-state index in [4.69, 9.17) is 29.3 Å². The third-order valence-electron chi connectivity index (χ3n) is 6.38. The highest BCUT2D eigenvalue weighted by molar-refractivity contribution is 5.89. The number of carbonyl (C=O) groups excluding carboxylic acids is 2. The van der Waals surface area contributed by atoms with Crippen LogP contribution in [0.5, 0.6) is 0 Å². The molecule has 0 saturated heterocycles. The molecule has 0 spiro atoms. The minimum absolute atomic E-state index is 0.290. The molecule has 8 nitrogen and oxygen atoms in total. The van der Waals surface area contributed by atoms with Crippen molar-refractivity contribution in [3.63, 3.8) is 0 Å². The molecule has 0 aromatic heterocycles. The van der Waals surface area contributed by atoms with Crippen molar-refractivity contribution in [2.75, 3.05) is 6.61 Å². The van der Waals surface area contributed by atoms with Crippen molar-refractivity contribution in [1.82, 2.24) is 0 Å². The average molecular weight is 559 g/mol. The van der Waals surface area contributed by atoms with Gasteiger partial charge in [-0.2, -0.15) is 9.78 Å². The quantitative estimate of drug-likeness (QED) is 0.110. The van der Waals surface area contributed by atoms with E-state index in [1.54, 1.807) is 48.5 Å². The van der Waals surface area contributed by atoms with Crippen LogP contribution in [-0.2, 0) is 29.3 Å². The maximum atomic E-state index is 12.6. The smallest absolute Gasteiger partial charge is 0.292 e. The third kappa shape index (κ3) is 13.0. The van der Waals surface area contributed by atoms with Crippen LogP contribution >= 0.6 is 0 Å². The van der Waals surface area contributed by atoms with Crippen LogP contribution in [0.3, 0.4) is 0 Å². The summed E-state index contributed by atoms with van der Waals surface area (Å²) in [4.78, 5) is 57.6. The molecule has 0 aliphatic rings. The van der Waals surface area contributed by atoms with E-state index in [1.807, 2.05) is 53.7 Å². The Morgan fingerprint density at radius 1 is 0.725 bits per heavy atom. The maximum Gasteiger partial charge on any atom is 0.373 e. The fraction of sp³-hybridized carbons (Fsp3) is 0.562. The summed E-state index contributed by atoms with van der Waals surface area (Å²) in [5.41, 5.74) is -1.16. The Morgan fingerprint density at radius 2 is 1.25 bits per heavy atom. The fourth-order valence-electron chi connectivity index (χ4n) is 4.03. The molecule has 40 heavy (non-hydrogen) atoms. The molecule has 2 rings (SSSR count). The second-order valence-electron chi connectivity index (χ2n) is 12.0. The van der Waals surface area contributed by atoms with E-state index in [0.717, 1.165) is 19.3 Å². The molecule has 0 aliphatic heterocycles. The molecule has 2 unspecified atom stereocenters. The topological polar surface area (TPSA) is 89.5 Å². The standard InChI is InChI=1S/C32H46O8/c1-8-25(16-15-23-35-38-30(2,3)4)24-32(7,40-37-29(34)27-19-13-10-14-20-27)22-21-31(5,6)39-36-28(33)26-17-11-9-12-18-26/h9-14,17-20,25H,8,15-16,21-24H2,1-7H3. The monoisotopic (exact) mass is 558 g/mol. The lowest BCUT2D eigenvalue weighted by molar-refractivity contribution is -0.349. The van der Waals surface area contributed by atoms with Crippen molar-refractivity contribution in [1.29, 1.82) is 0 Å². The average Bonchev–Trinajstić information content (AvgIpc) is 2.93. The zero-order chi connectivity index (χ0) is 29.7. The first kappa shape index (κ1) is 33.4. The summed E-state index contributed by atoms with van der Waals surface area (Å²) in [7, 11) is 0. The first-order valence-electron chi connectivity index (χ1n) is 14.0. The maximum absolute atomic E-state index is 12.6. The Hall–Kier alpha value is -2.78. The van der Waals surface area contributed by atoms with Crippen molar-refractivity contribution >= 4 is 11.9 Å². The van der Waals surface area contributed by atoms with Gasteiger partial charge in [0.2, 0.25) is 0 Å². The third-order valence-corrected chi connectivity index (χ3v) is 6.38. The molecular weight excluding hydrogens is 512 g/mol. The van der Waals surface area contributed by atoms with Crippen LogP contribution in [0.15, 0.2) is 60.7 Å². The number of hydrogen-bond donors (Lipinski definition) is 0. The molecule has 0 bridgehead atoms. The Balaban J connectivity index is 2.00. The Labute approximate surface area is 239 Å². The van der Waals surface area contributed by atoms with Crippen molar-refractivity contribution in [2.24, 2.45) is 5.92 Å². The van der Waals surface area contributed by atoms with Crippen LogP contribution in [0.2, 0.25) is 0 Å². The van der Waals surface area contributed by atoms with Crippen LogP contribution in [0, 0.1) is 5.92 Å². The molecule has 0 saturated carbocycles. The summed E-state index contributed by atoms with van der Waals surface area (Å²) in [6, 6.07) is 17.4. The van der Waals surface area contributed by atoms with Crippen LogP contribution < -0.4 is 0 Å². The van der Waals surface area contributed by atoms with Crippen molar-refractivity contribution in [3.05, 3.63) is 71.8 Å². The molecule has 8 heteroatoms. The van der Waals surface area contributed by atoms with Crippen LogP contribution in [0.25, 0.3) is 0 Å². The van der Waals surface area contributed by atoms with Gasteiger partial charge in [-0.05, 0) is 104 Å². The summed E-state index contributed by atoms with van der Waals surface area (Å²) in [5, 5.41) is 0. The summed E-state index contributed by atoms with van der Waals surface area (Å²) in [6.45, 7) is 14.0. The molecule has 0 heterocycles. The van der Waals surface area contributed by atoms with Crippen molar-refractivity contribution < 1.29 is 38.9 Å². The Kier molecular flexibility index (Phi) is 13.3. The summed E-state index contributed by atoms with van der Waals surface area (Å²) in [5.74, 6) is -0.827. The van der Waals surface area contributed by atoms with Crippen molar-refractivity contribution in [3.8, 4) is 0 Å². The first-order chi connectivity index (χ1) is 18.8. The number of carbonyl (C=O) groups is 2. The first-order valence-corrected chi connectivity index (χ1v) is 14.0. The van der Waals surface area contributed by atoms with E-state index in [1.165, 1.54) is 0 Å². The Bertz CT molecular complexity index is 1020. The van der Waals surface area contributed by atoms with E-state index in [0.29, 0.717) is 42.9 Å². The summed E-state index contributed by atoms with van der Waals surface area (Å²) < 4.78 is 0. The van der Waals surface area contributed by atoms with Crippen LogP contribution in [-0.4, -0.2) is 35.3 Å². The van der Waals surface area contributed by atoms with Crippen molar-refractivity contribution in [2.45, 2.75) is 104 Å². The highest BCUT2D eigenvalue weighted by Gasteiger charge is 2.35. The molecule has 0 aliphatic carbocycles. The van der Waals surface area contributed by atoms with Gasteiger partial charge in [0.25, 0.3) is 0 Å². The summed E-state index contributed by atoms with van der Waals surface area (Å²) in [6.07, 6.45) is 4.24. The SMILES string of the molecule is CCC(CCCOOC(C)(C)C)CC(C)(CCC(C)(C)OOC(=O)c1ccccc1)OOC(=O)c1ccccc1. The lowest BCUT2D eigenvalue weighted by atomic mass is 9.82. The molecular formula is C32H46O8. The van der Waals surface area contributed by atoms with Crippen LogP contribution in [0.4, 0.5) is 0 Å². The van der Waals surface area contributed by atoms with Gasteiger partial charge in [-0.1, -0.05) is 49.7 Å². The highest BCUT2D eigenvalue weighted by Crippen LogP contribution is 2.34. The number of benzene rings is 2. The largest absolute Gasteiger partial charge is 0.373 e. The fourth-order valence-corrected chi connectivity index (χ4v) is 4.03. The zero-order valence-corrected chi connectivity index (χ0v) is 25.1.